The second-order valence-electron chi connectivity index (χ2n) is 4.76. The van der Waals surface area contributed by atoms with E-state index in [1.54, 1.807) is 0 Å². The number of carbonyl (C=O) groups excluding carboxylic acids is 2. The van der Waals surface area contributed by atoms with Crippen LogP contribution in [0.4, 0.5) is 14.5 Å². The lowest BCUT2D eigenvalue weighted by atomic mass is 10.2. The summed E-state index contributed by atoms with van der Waals surface area (Å²) in [6, 6.07) is 7.34. The number of ether oxygens (including phenoxy) is 1. The highest BCUT2D eigenvalue weighted by molar-refractivity contribution is 6.36. The standard InChI is InChI=1S/C16H11Cl2F2NO3/c1-8(15(22)21-13-6-5-9(17)7-10(13)18)24-16(23)14-11(19)3-2-4-12(14)20/h2-8H,1H3,(H,21,22)/t8-/m1/s1. The van der Waals surface area contributed by atoms with Crippen LogP contribution in [0.15, 0.2) is 36.4 Å². The Bertz CT molecular complexity index is 779. The van der Waals surface area contributed by atoms with E-state index in [2.05, 4.69) is 5.32 Å². The van der Waals surface area contributed by atoms with Crippen LogP contribution in [0.1, 0.15) is 17.3 Å². The number of benzene rings is 2. The van der Waals surface area contributed by atoms with Gasteiger partial charge in [-0.15, -0.1) is 0 Å². The summed E-state index contributed by atoms with van der Waals surface area (Å²) in [5.74, 6) is -4.15. The first-order valence-corrected chi connectivity index (χ1v) is 7.46. The summed E-state index contributed by atoms with van der Waals surface area (Å²) in [6.45, 7) is 1.26. The zero-order valence-corrected chi connectivity index (χ0v) is 13.8. The second-order valence-corrected chi connectivity index (χ2v) is 5.60. The summed E-state index contributed by atoms with van der Waals surface area (Å²) in [4.78, 5) is 23.9. The molecule has 0 bridgehead atoms. The predicted molar refractivity (Wildman–Crippen MR) is 86.3 cm³/mol. The molecule has 0 aromatic heterocycles. The molecule has 8 heteroatoms. The van der Waals surface area contributed by atoms with Crippen molar-refractivity contribution in [3.8, 4) is 0 Å². The van der Waals surface area contributed by atoms with Crippen molar-refractivity contribution in [1.82, 2.24) is 0 Å². The van der Waals surface area contributed by atoms with Crippen molar-refractivity contribution in [2.45, 2.75) is 13.0 Å². The molecule has 0 spiro atoms. The Morgan fingerprint density at radius 1 is 1.12 bits per heavy atom. The fourth-order valence-electron chi connectivity index (χ4n) is 1.79. The highest BCUT2D eigenvalue weighted by Crippen LogP contribution is 2.25. The van der Waals surface area contributed by atoms with Crippen molar-refractivity contribution in [2.24, 2.45) is 0 Å². The number of halogens is 4. The van der Waals surface area contributed by atoms with Crippen LogP contribution in [0.3, 0.4) is 0 Å². The first-order valence-electron chi connectivity index (χ1n) is 6.70. The summed E-state index contributed by atoms with van der Waals surface area (Å²) in [7, 11) is 0. The van der Waals surface area contributed by atoms with E-state index in [1.807, 2.05) is 0 Å². The van der Waals surface area contributed by atoms with Gasteiger partial charge in [0.05, 0.1) is 10.7 Å². The molecule has 24 heavy (non-hydrogen) atoms. The lowest BCUT2D eigenvalue weighted by molar-refractivity contribution is -0.123. The molecule has 1 atom stereocenters. The zero-order valence-electron chi connectivity index (χ0n) is 12.3. The quantitative estimate of drug-likeness (QED) is 0.805. The highest BCUT2D eigenvalue weighted by Gasteiger charge is 2.24. The number of hydrogen-bond acceptors (Lipinski definition) is 3. The number of esters is 1. The molecule has 1 N–H and O–H groups in total. The fourth-order valence-corrected chi connectivity index (χ4v) is 2.25. The average Bonchev–Trinajstić information content (AvgIpc) is 2.49. The molecular weight excluding hydrogens is 363 g/mol. The zero-order chi connectivity index (χ0) is 17.9. The Morgan fingerprint density at radius 3 is 2.33 bits per heavy atom. The highest BCUT2D eigenvalue weighted by atomic mass is 35.5. The third kappa shape index (κ3) is 4.21. The molecule has 0 saturated carbocycles. The summed E-state index contributed by atoms with van der Waals surface area (Å²) in [6.07, 6.45) is -1.30. The van der Waals surface area contributed by atoms with E-state index in [-0.39, 0.29) is 10.7 Å². The van der Waals surface area contributed by atoms with E-state index in [0.717, 1.165) is 18.2 Å². The maximum Gasteiger partial charge on any atom is 0.344 e. The molecule has 2 aromatic rings. The van der Waals surface area contributed by atoms with E-state index >= 15 is 0 Å². The van der Waals surface area contributed by atoms with Crippen LogP contribution in [-0.2, 0) is 9.53 Å². The first-order chi connectivity index (χ1) is 11.3. The van der Waals surface area contributed by atoms with Crippen LogP contribution in [-0.4, -0.2) is 18.0 Å². The number of amides is 1. The summed E-state index contributed by atoms with van der Waals surface area (Å²) < 4.78 is 31.8. The van der Waals surface area contributed by atoms with E-state index in [1.165, 1.54) is 25.1 Å². The molecular formula is C16H11Cl2F2NO3. The van der Waals surface area contributed by atoms with E-state index in [4.69, 9.17) is 27.9 Å². The van der Waals surface area contributed by atoms with Crippen molar-refractivity contribution in [2.75, 3.05) is 5.32 Å². The maximum atomic E-state index is 13.5. The third-order valence-corrected chi connectivity index (χ3v) is 3.56. The molecule has 0 aliphatic rings. The average molecular weight is 374 g/mol. The molecule has 2 rings (SSSR count). The summed E-state index contributed by atoms with van der Waals surface area (Å²) in [5, 5.41) is 3.00. The number of rotatable bonds is 4. The molecule has 0 heterocycles. The Hall–Kier alpha value is -2.18. The van der Waals surface area contributed by atoms with E-state index < -0.39 is 35.2 Å². The van der Waals surface area contributed by atoms with Gasteiger partial charge in [-0.2, -0.15) is 0 Å². The number of carbonyl (C=O) groups is 2. The van der Waals surface area contributed by atoms with Gasteiger partial charge < -0.3 is 10.1 Å². The van der Waals surface area contributed by atoms with Crippen LogP contribution in [0.5, 0.6) is 0 Å². The molecule has 0 aliphatic carbocycles. The lowest BCUT2D eigenvalue weighted by Gasteiger charge is -2.14. The first kappa shape index (κ1) is 18.2. The molecule has 0 radical (unpaired) electrons. The van der Waals surface area contributed by atoms with Gasteiger partial charge in [-0.25, -0.2) is 13.6 Å². The van der Waals surface area contributed by atoms with Gasteiger partial charge >= 0.3 is 5.97 Å². The van der Waals surface area contributed by atoms with Gasteiger partial charge in [-0.05, 0) is 37.3 Å². The van der Waals surface area contributed by atoms with Crippen molar-refractivity contribution >= 4 is 40.8 Å². The SMILES string of the molecule is C[C@@H](OC(=O)c1c(F)cccc1F)C(=O)Nc1ccc(Cl)cc1Cl. The minimum atomic E-state index is -1.30. The van der Waals surface area contributed by atoms with Crippen LogP contribution in [0, 0.1) is 11.6 Å². The number of hydrogen-bond donors (Lipinski definition) is 1. The molecule has 4 nitrogen and oxygen atoms in total. The Morgan fingerprint density at radius 2 is 1.75 bits per heavy atom. The van der Waals surface area contributed by atoms with Gasteiger partial charge in [-0.3, -0.25) is 4.79 Å². The Labute approximate surface area is 146 Å². The normalized spacial score (nSPS) is 11.7. The third-order valence-electron chi connectivity index (χ3n) is 3.01. The van der Waals surface area contributed by atoms with Crippen molar-refractivity contribution < 1.29 is 23.1 Å². The number of nitrogens with one attached hydrogen (secondary N) is 1. The number of anilines is 1. The van der Waals surface area contributed by atoms with Crippen molar-refractivity contribution in [3.05, 3.63) is 63.6 Å². The molecule has 0 saturated heterocycles. The van der Waals surface area contributed by atoms with Crippen LogP contribution in [0.2, 0.25) is 10.0 Å². The van der Waals surface area contributed by atoms with E-state index in [9.17, 15) is 18.4 Å². The van der Waals surface area contributed by atoms with Crippen LogP contribution in [0.25, 0.3) is 0 Å². The van der Waals surface area contributed by atoms with Crippen LogP contribution >= 0.6 is 23.2 Å². The molecule has 0 fully saturated rings. The molecule has 0 aliphatic heterocycles. The van der Waals surface area contributed by atoms with Gasteiger partial charge in [0.2, 0.25) is 0 Å². The lowest BCUT2D eigenvalue weighted by Crippen LogP contribution is -2.30. The molecule has 2 aromatic carbocycles. The van der Waals surface area contributed by atoms with Crippen molar-refractivity contribution in [3.63, 3.8) is 0 Å². The maximum absolute atomic E-state index is 13.5. The second kappa shape index (κ2) is 7.59. The van der Waals surface area contributed by atoms with Gasteiger partial charge in [0, 0.05) is 5.02 Å². The molecule has 0 unspecified atom stereocenters. The minimum Gasteiger partial charge on any atom is -0.449 e. The Kier molecular flexibility index (Phi) is 5.75. The van der Waals surface area contributed by atoms with Gasteiger partial charge in [0.25, 0.3) is 5.91 Å². The smallest absolute Gasteiger partial charge is 0.344 e. The molecule has 1 amide bonds. The monoisotopic (exact) mass is 373 g/mol. The van der Waals surface area contributed by atoms with Crippen molar-refractivity contribution in [1.29, 1.82) is 0 Å². The van der Waals surface area contributed by atoms with Gasteiger partial charge in [0.15, 0.2) is 6.10 Å². The summed E-state index contributed by atoms with van der Waals surface area (Å²) >= 11 is 11.7. The fraction of sp³-hybridized carbons (Fsp3) is 0.125. The largest absolute Gasteiger partial charge is 0.449 e. The van der Waals surface area contributed by atoms with E-state index in [0.29, 0.717) is 5.02 Å². The van der Waals surface area contributed by atoms with Crippen LogP contribution < -0.4 is 5.32 Å². The minimum absolute atomic E-state index is 0.189. The van der Waals surface area contributed by atoms with Gasteiger partial charge in [-0.1, -0.05) is 29.3 Å². The van der Waals surface area contributed by atoms with Gasteiger partial charge in [0.1, 0.15) is 17.2 Å². The molecule has 126 valence electrons. The Balaban J connectivity index is 2.07. The predicted octanol–water partition coefficient (Wildman–Crippen LogP) is 4.46. The summed E-state index contributed by atoms with van der Waals surface area (Å²) in [5.41, 5.74) is -0.604. The topological polar surface area (TPSA) is 55.4 Å².